The summed E-state index contributed by atoms with van der Waals surface area (Å²) >= 11 is 5.43. The number of nitrogens with zero attached hydrogens (tertiary/aromatic N) is 2. The van der Waals surface area contributed by atoms with Crippen molar-refractivity contribution < 1.29 is 19.4 Å². The Hall–Kier alpha value is -4.49. The molecule has 0 radical (unpaired) electrons. The molecule has 13 nitrogen and oxygen atoms in total. The third-order valence-corrected chi connectivity index (χ3v) is 4.89. The number of benzene rings is 1. The van der Waals surface area contributed by atoms with Crippen molar-refractivity contribution >= 4 is 40.7 Å². The van der Waals surface area contributed by atoms with Gasteiger partial charge in [0.05, 0.1) is 7.11 Å². The van der Waals surface area contributed by atoms with Gasteiger partial charge in [-0.1, -0.05) is 24.3 Å². The summed E-state index contributed by atoms with van der Waals surface area (Å²) in [6, 6.07) is 9.79. The number of carboxylic acid groups (broad SMARTS) is 1. The number of H-pyrrole nitrogens is 1. The largest absolute Gasteiger partial charge is 0.477 e. The molecule has 14 heteroatoms. The second-order valence-electron chi connectivity index (χ2n) is 7.07. The van der Waals surface area contributed by atoms with Gasteiger partial charge in [-0.05, 0) is 22.9 Å². The molecule has 35 heavy (non-hydrogen) atoms. The Morgan fingerprint density at radius 2 is 1.83 bits per heavy atom. The summed E-state index contributed by atoms with van der Waals surface area (Å²) < 4.78 is 5.56. The van der Waals surface area contributed by atoms with Crippen molar-refractivity contribution in [3.05, 3.63) is 89.7 Å². The first kappa shape index (κ1) is 25.1. The fraction of sp³-hybridized carbons (Fsp3) is 0.143. The van der Waals surface area contributed by atoms with Crippen LogP contribution in [0.15, 0.2) is 50.8 Å². The monoisotopic (exact) mass is 502 g/mol. The summed E-state index contributed by atoms with van der Waals surface area (Å²) in [7, 11) is 1.15. The molecule has 0 amide bonds. The highest BCUT2D eigenvalue weighted by atomic mass is 35.5. The predicted molar refractivity (Wildman–Crippen MR) is 126 cm³/mol. The maximum Gasteiger partial charge on any atom is 0.356 e. The van der Waals surface area contributed by atoms with Gasteiger partial charge in [0, 0.05) is 25.2 Å². The fourth-order valence-electron chi connectivity index (χ4n) is 3.06. The van der Waals surface area contributed by atoms with Crippen molar-refractivity contribution in [2.24, 2.45) is 0 Å². The zero-order valence-corrected chi connectivity index (χ0v) is 18.9. The quantitative estimate of drug-likeness (QED) is 0.132. The maximum absolute atomic E-state index is 11.4. The molecule has 0 bridgehead atoms. The molecule has 0 aliphatic carbocycles. The molecular formula is C21H19ClN6O7. The predicted octanol–water partition coefficient (Wildman–Crippen LogP) is 0.228. The van der Waals surface area contributed by atoms with E-state index in [2.05, 4.69) is 25.0 Å². The first-order valence-corrected chi connectivity index (χ1v) is 10.2. The zero-order valence-electron chi connectivity index (χ0n) is 18.1. The van der Waals surface area contributed by atoms with Crippen LogP contribution in [0.5, 0.6) is 0 Å². The molecule has 4 rings (SSSR count). The van der Waals surface area contributed by atoms with Crippen molar-refractivity contribution in [2.45, 2.75) is 13.1 Å². The smallest absolute Gasteiger partial charge is 0.356 e. The number of anilines is 2. The summed E-state index contributed by atoms with van der Waals surface area (Å²) in [5.41, 5.74) is 5.57. The highest BCUT2D eigenvalue weighted by molar-refractivity contribution is 6.13. The van der Waals surface area contributed by atoms with Gasteiger partial charge in [-0.2, -0.15) is 0 Å². The van der Waals surface area contributed by atoms with Crippen LogP contribution < -0.4 is 32.3 Å². The van der Waals surface area contributed by atoms with E-state index in [-0.39, 0.29) is 28.4 Å². The Morgan fingerprint density at radius 3 is 2.43 bits per heavy atom. The SMILES string of the molecule is COC(=O)c1cc(C(=O)O)nc2cc(=O)[nH]n12.Nc1c(NCc2cccc(CNCl)c2)c(=O)c1=O. The van der Waals surface area contributed by atoms with Crippen molar-refractivity contribution in [3.63, 3.8) is 0 Å². The summed E-state index contributed by atoms with van der Waals surface area (Å²) in [5.74, 6) is -2.07. The van der Waals surface area contributed by atoms with Crippen LogP contribution in [-0.2, 0) is 17.8 Å². The molecule has 2 aromatic carbocycles. The number of fused-ring (bicyclic) bond motifs is 1. The van der Waals surface area contributed by atoms with Gasteiger partial charge in [-0.3, -0.25) is 19.5 Å². The number of methoxy groups -OCH3 is 1. The van der Waals surface area contributed by atoms with Crippen molar-refractivity contribution in [1.82, 2.24) is 19.4 Å². The standard InChI is InChI=1S/C12H12ClN3O2.C9H7N3O5/c13-16-6-8-3-1-2-7(4-8)5-15-10-9(14)11(17)12(10)18;1-17-9(16)5-2-4(8(14)15)10-6-3-7(13)11-12(5)6/h1-4,15-16H,5-6,14H2;2-3H,1H3,(H,11,13)(H,14,15). The lowest BCUT2D eigenvalue weighted by Crippen LogP contribution is -2.36. The summed E-state index contributed by atoms with van der Waals surface area (Å²) in [6.45, 7) is 0.989. The van der Waals surface area contributed by atoms with Gasteiger partial charge >= 0.3 is 11.9 Å². The number of ether oxygens (including phenoxy) is 1. The van der Waals surface area contributed by atoms with Crippen molar-refractivity contribution in [3.8, 4) is 0 Å². The molecule has 0 fully saturated rings. The number of hydrogen-bond donors (Lipinski definition) is 5. The molecule has 0 saturated heterocycles. The van der Waals surface area contributed by atoms with Crippen LogP contribution in [0.3, 0.4) is 0 Å². The highest BCUT2D eigenvalue weighted by Crippen LogP contribution is 2.12. The number of esters is 1. The number of aromatic carboxylic acids is 1. The second kappa shape index (κ2) is 10.6. The average molecular weight is 503 g/mol. The Morgan fingerprint density at radius 1 is 1.14 bits per heavy atom. The lowest BCUT2D eigenvalue weighted by molar-refractivity contribution is 0.0590. The van der Waals surface area contributed by atoms with E-state index in [4.69, 9.17) is 22.6 Å². The Balaban J connectivity index is 0.000000196. The number of halogens is 1. The van der Waals surface area contributed by atoms with Crippen LogP contribution in [-0.4, -0.2) is 38.8 Å². The van der Waals surface area contributed by atoms with Crippen LogP contribution in [0.25, 0.3) is 5.65 Å². The molecule has 6 N–H and O–H groups in total. The number of aromatic amines is 1. The van der Waals surface area contributed by atoms with Gasteiger partial charge < -0.3 is 20.9 Å². The molecule has 0 spiro atoms. The third-order valence-electron chi connectivity index (χ3n) is 4.75. The van der Waals surface area contributed by atoms with E-state index in [0.29, 0.717) is 13.1 Å². The van der Waals surface area contributed by atoms with E-state index in [1.165, 1.54) is 0 Å². The number of nitrogen functional groups attached to an aromatic ring is 1. The molecule has 0 aliphatic rings. The molecule has 0 saturated carbocycles. The number of nitrogens with one attached hydrogen (secondary N) is 3. The minimum Gasteiger partial charge on any atom is -0.477 e. The van der Waals surface area contributed by atoms with Crippen LogP contribution in [0, 0.1) is 0 Å². The van der Waals surface area contributed by atoms with E-state index in [1.54, 1.807) is 0 Å². The van der Waals surface area contributed by atoms with Crippen LogP contribution in [0.4, 0.5) is 11.4 Å². The van der Waals surface area contributed by atoms with E-state index in [0.717, 1.165) is 34.9 Å². The minimum absolute atomic E-state index is 0.0126. The van der Waals surface area contributed by atoms with Gasteiger partial charge in [-0.15, -0.1) is 0 Å². The first-order chi connectivity index (χ1) is 16.7. The molecule has 0 aliphatic heterocycles. The van der Waals surface area contributed by atoms with Crippen LogP contribution in [0.2, 0.25) is 0 Å². The Labute approximate surface area is 200 Å². The Kier molecular flexibility index (Phi) is 7.63. The molecular weight excluding hydrogens is 484 g/mol. The summed E-state index contributed by atoms with van der Waals surface area (Å²) in [4.78, 5) is 61.7. The van der Waals surface area contributed by atoms with E-state index in [9.17, 15) is 24.0 Å². The van der Waals surface area contributed by atoms with Gasteiger partial charge in [0.25, 0.3) is 16.4 Å². The van der Waals surface area contributed by atoms with Crippen LogP contribution in [0.1, 0.15) is 32.1 Å². The lowest BCUT2D eigenvalue weighted by Gasteiger charge is -2.10. The Bertz CT molecular complexity index is 1530. The van der Waals surface area contributed by atoms with E-state index < -0.39 is 28.4 Å². The first-order valence-electron chi connectivity index (χ1n) is 9.84. The molecule has 4 aromatic rings. The van der Waals surface area contributed by atoms with Gasteiger partial charge in [0.1, 0.15) is 11.4 Å². The second-order valence-corrected chi connectivity index (χ2v) is 7.34. The lowest BCUT2D eigenvalue weighted by atomic mass is 10.1. The number of aromatic nitrogens is 3. The topological polar surface area (TPSA) is 198 Å². The van der Waals surface area contributed by atoms with Gasteiger partial charge in [-0.25, -0.2) is 23.9 Å². The van der Waals surface area contributed by atoms with Crippen molar-refractivity contribution in [1.29, 1.82) is 0 Å². The fourth-order valence-corrected chi connectivity index (χ4v) is 3.22. The number of carbonyl (C=O) groups excluding carboxylic acids is 1. The number of rotatable bonds is 7. The summed E-state index contributed by atoms with van der Waals surface area (Å²) in [5, 5.41) is 14.0. The van der Waals surface area contributed by atoms with Crippen molar-refractivity contribution in [2.75, 3.05) is 18.2 Å². The third kappa shape index (κ3) is 5.54. The average Bonchev–Trinajstić information content (AvgIpc) is 3.23. The van der Waals surface area contributed by atoms with Gasteiger partial charge in [0.2, 0.25) is 0 Å². The zero-order chi connectivity index (χ0) is 25.7. The number of carboxylic acids is 1. The minimum atomic E-state index is -1.30. The number of carbonyl (C=O) groups is 2. The van der Waals surface area contributed by atoms with Gasteiger partial charge in [0.15, 0.2) is 17.0 Å². The highest BCUT2D eigenvalue weighted by Gasteiger charge is 2.18. The van der Waals surface area contributed by atoms with E-state index >= 15 is 0 Å². The number of hydrogen-bond acceptors (Lipinski definition) is 10. The van der Waals surface area contributed by atoms with Crippen LogP contribution >= 0.6 is 11.8 Å². The number of nitrogens with two attached hydrogens (primary N) is 1. The molecule has 182 valence electrons. The molecule has 0 atom stereocenters. The van der Waals surface area contributed by atoms with E-state index in [1.807, 2.05) is 24.3 Å². The molecule has 0 unspecified atom stereocenters. The normalized spacial score (nSPS) is 10.6. The maximum atomic E-state index is 11.4. The molecule has 2 heterocycles. The summed E-state index contributed by atoms with van der Waals surface area (Å²) in [6.07, 6.45) is 0. The molecule has 2 aromatic heterocycles.